The Hall–Kier alpha value is -1.02. The van der Waals surface area contributed by atoms with Gasteiger partial charge in [-0.05, 0) is 57.1 Å². The van der Waals surface area contributed by atoms with E-state index in [9.17, 15) is 5.11 Å². The van der Waals surface area contributed by atoms with Crippen LogP contribution in [0, 0.1) is 5.92 Å². The molecule has 1 aromatic rings. The highest BCUT2D eigenvalue weighted by atomic mass is 16.3. The Balaban J connectivity index is 2.53. The van der Waals surface area contributed by atoms with Crippen molar-refractivity contribution in [2.45, 2.75) is 32.6 Å². The first-order chi connectivity index (χ1) is 8.11. The van der Waals surface area contributed by atoms with Gasteiger partial charge in [0.2, 0.25) is 0 Å². The molecule has 0 spiro atoms. The van der Waals surface area contributed by atoms with E-state index in [4.69, 9.17) is 0 Å². The van der Waals surface area contributed by atoms with E-state index in [0.29, 0.717) is 5.75 Å². The quantitative estimate of drug-likeness (QED) is 0.784. The summed E-state index contributed by atoms with van der Waals surface area (Å²) in [6, 6.07) is 7.66. The first kappa shape index (κ1) is 14.0. The summed E-state index contributed by atoms with van der Waals surface area (Å²) in [5.74, 6) is 1.11. The summed E-state index contributed by atoms with van der Waals surface area (Å²) >= 11 is 0. The smallest absolute Gasteiger partial charge is 0.115 e. The van der Waals surface area contributed by atoms with Crippen molar-refractivity contribution in [3.05, 3.63) is 29.8 Å². The molecular weight excluding hydrogens is 210 g/mol. The molecule has 0 aliphatic rings. The second-order valence-electron chi connectivity index (χ2n) is 5.12. The molecule has 0 radical (unpaired) electrons. The van der Waals surface area contributed by atoms with E-state index in [1.165, 1.54) is 24.8 Å². The molecule has 0 saturated heterocycles. The molecule has 1 aromatic carbocycles. The van der Waals surface area contributed by atoms with Crippen LogP contribution in [0.5, 0.6) is 5.75 Å². The van der Waals surface area contributed by atoms with Gasteiger partial charge in [0.05, 0.1) is 0 Å². The second-order valence-corrected chi connectivity index (χ2v) is 5.12. The maximum absolute atomic E-state index is 9.47. The number of benzene rings is 1. The van der Waals surface area contributed by atoms with Crippen LogP contribution in [0.15, 0.2) is 24.3 Å². The number of phenolic OH excluding ortho intramolecular Hbond substituents is 1. The lowest BCUT2D eigenvalue weighted by atomic mass is 9.92. The molecule has 0 heterocycles. The minimum atomic E-state index is 0.380. The Morgan fingerprint density at radius 1 is 1.24 bits per heavy atom. The molecule has 1 N–H and O–H groups in total. The fourth-order valence-electron chi connectivity index (χ4n) is 2.21. The van der Waals surface area contributed by atoms with Gasteiger partial charge in [0, 0.05) is 0 Å². The highest BCUT2D eigenvalue weighted by molar-refractivity contribution is 5.27. The van der Waals surface area contributed by atoms with Gasteiger partial charge in [0.1, 0.15) is 5.75 Å². The van der Waals surface area contributed by atoms with Gasteiger partial charge in [-0.2, -0.15) is 0 Å². The van der Waals surface area contributed by atoms with Crippen LogP contribution in [0.25, 0.3) is 0 Å². The highest BCUT2D eigenvalue weighted by Crippen LogP contribution is 2.20. The van der Waals surface area contributed by atoms with Crippen LogP contribution >= 0.6 is 0 Å². The van der Waals surface area contributed by atoms with Crippen LogP contribution in [-0.4, -0.2) is 30.6 Å². The van der Waals surface area contributed by atoms with E-state index in [-0.39, 0.29) is 0 Å². The van der Waals surface area contributed by atoms with Crippen molar-refractivity contribution in [2.75, 3.05) is 20.6 Å². The van der Waals surface area contributed by atoms with Crippen LogP contribution in [-0.2, 0) is 6.42 Å². The van der Waals surface area contributed by atoms with Crippen molar-refractivity contribution in [1.82, 2.24) is 4.90 Å². The van der Waals surface area contributed by atoms with Gasteiger partial charge in [-0.25, -0.2) is 0 Å². The van der Waals surface area contributed by atoms with Crippen LogP contribution in [0.3, 0.4) is 0 Å². The van der Waals surface area contributed by atoms with Gasteiger partial charge < -0.3 is 10.0 Å². The number of rotatable bonds is 7. The third-order valence-electron chi connectivity index (χ3n) is 3.12. The Morgan fingerprint density at radius 3 is 2.59 bits per heavy atom. The zero-order chi connectivity index (χ0) is 12.7. The van der Waals surface area contributed by atoms with E-state index in [0.717, 1.165) is 18.9 Å². The lowest BCUT2D eigenvalue weighted by Gasteiger charge is -2.19. The van der Waals surface area contributed by atoms with Crippen molar-refractivity contribution in [2.24, 2.45) is 5.92 Å². The number of nitrogens with zero attached hydrogens (tertiary/aromatic N) is 1. The summed E-state index contributed by atoms with van der Waals surface area (Å²) in [6.45, 7) is 3.38. The lowest BCUT2D eigenvalue weighted by Crippen LogP contribution is -2.17. The summed E-state index contributed by atoms with van der Waals surface area (Å²) < 4.78 is 0. The van der Waals surface area contributed by atoms with Crippen LogP contribution < -0.4 is 0 Å². The minimum absolute atomic E-state index is 0.380. The third kappa shape index (κ3) is 5.73. The van der Waals surface area contributed by atoms with Crippen LogP contribution in [0.4, 0.5) is 0 Å². The van der Waals surface area contributed by atoms with Crippen molar-refractivity contribution >= 4 is 0 Å². The summed E-state index contributed by atoms with van der Waals surface area (Å²) in [6.07, 6.45) is 4.81. The zero-order valence-corrected chi connectivity index (χ0v) is 11.3. The minimum Gasteiger partial charge on any atom is -0.508 e. The first-order valence-electron chi connectivity index (χ1n) is 6.54. The molecule has 1 rings (SSSR count). The molecule has 2 nitrogen and oxygen atoms in total. The van der Waals surface area contributed by atoms with Gasteiger partial charge >= 0.3 is 0 Å². The van der Waals surface area contributed by atoms with Gasteiger partial charge in [-0.3, -0.25) is 0 Å². The lowest BCUT2D eigenvalue weighted by molar-refractivity contribution is 0.336. The fourth-order valence-corrected chi connectivity index (χ4v) is 2.21. The van der Waals surface area contributed by atoms with Gasteiger partial charge in [-0.1, -0.05) is 31.9 Å². The Labute approximate surface area is 105 Å². The van der Waals surface area contributed by atoms with Crippen molar-refractivity contribution in [3.8, 4) is 5.75 Å². The molecule has 0 saturated carbocycles. The normalized spacial score (nSPS) is 12.9. The summed E-state index contributed by atoms with van der Waals surface area (Å²) in [5, 5.41) is 9.47. The van der Waals surface area contributed by atoms with Crippen LogP contribution in [0.2, 0.25) is 0 Å². The van der Waals surface area contributed by atoms with Crippen molar-refractivity contribution in [1.29, 1.82) is 0 Å². The molecule has 96 valence electrons. The van der Waals surface area contributed by atoms with E-state index in [2.05, 4.69) is 32.0 Å². The van der Waals surface area contributed by atoms with E-state index in [1.807, 2.05) is 12.1 Å². The number of hydrogen-bond acceptors (Lipinski definition) is 2. The number of phenols is 1. The van der Waals surface area contributed by atoms with Gasteiger partial charge in [-0.15, -0.1) is 0 Å². The Bertz CT molecular complexity index is 322. The van der Waals surface area contributed by atoms with E-state index in [1.54, 1.807) is 6.07 Å². The summed E-state index contributed by atoms with van der Waals surface area (Å²) in [5.41, 5.74) is 1.25. The molecule has 0 bridgehead atoms. The molecule has 17 heavy (non-hydrogen) atoms. The SMILES string of the molecule is CCC[C@H](CCN(C)C)Cc1cccc(O)c1. The molecular formula is C15H25NO. The van der Waals surface area contributed by atoms with Gasteiger partial charge in [0.15, 0.2) is 0 Å². The Morgan fingerprint density at radius 2 is 2.00 bits per heavy atom. The molecule has 0 aliphatic carbocycles. The zero-order valence-electron chi connectivity index (χ0n) is 11.3. The number of hydrogen-bond donors (Lipinski definition) is 1. The van der Waals surface area contributed by atoms with Crippen molar-refractivity contribution in [3.63, 3.8) is 0 Å². The van der Waals surface area contributed by atoms with Crippen molar-refractivity contribution < 1.29 is 5.11 Å². The third-order valence-corrected chi connectivity index (χ3v) is 3.12. The highest BCUT2D eigenvalue weighted by Gasteiger charge is 2.09. The maximum atomic E-state index is 9.47. The average Bonchev–Trinajstić information content (AvgIpc) is 2.26. The van der Waals surface area contributed by atoms with Crippen LogP contribution in [0.1, 0.15) is 31.7 Å². The standard InChI is InChI=1S/C15H25NO/c1-4-6-13(9-10-16(2)3)11-14-7-5-8-15(17)12-14/h5,7-8,12-13,17H,4,6,9-11H2,1-3H3/t13-/m1/s1. The largest absolute Gasteiger partial charge is 0.508 e. The van der Waals surface area contributed by atoms with E-state index >= 15 is 0 Å². The summed E-state index contributed by atoms with van der Waals surface area (Å²) in [7, 11) is 4.24. The molecule has 0 aromatic heterocycles. The molecule has 0 fully saturated rings. The molecule has 0 unspecified atom stereocenters. The molecule has 2 heteroatoms. The Kier molecular flexibility index (Phi) is 6.06. The second kappa shape index (κ2) is 7.33. The first-order valence-corrected chi connectivity index (χ1v) is 6.54. The predicted molar refractivity (Wildman–Crippen MR) is 73.4 cm³/mol. The monoisotopic (exact) mass is 235 g/mol. The number of aromatic hydroxyl groups is 1. The van der Waals surface area contributed by atoms with Gasteiger partial charge in [0.25, 0.3) is 0 Å². The predicted octanol–water partition coefficient (Wildman–Crippen LogP) is 3.30. The van der Waals surface area contributed by atoms with E-state index < -0.39 is 0 Å². The average molecular weight is 235 g/mol. The topological polar surface area (TPSA) is 23.5 Å². The molecule has 0 aliphatic heterocycles. The molecule has 0 amide bonds. The fraction of sp³-hybridized carbons (Fsp3) is 0.600. The molecule has 1 atom stereocenters. The maximum Gasteiger partial charge on any atom is 0.115 e. The summed E-state index contributed by atoms with van der Waals surface area (Å²) in [4.78, 5) is 2.24.